The fraction of sp³-hybridized carbons (Fsp3) is 0.115. The van der Waals surface area contributed by atoms with Gasteiger partial charge in [-0.25, -0.2) is 0 Å². The topological polar surface area (TPSA) is 69.0 Å². The van der Waals surface area contributed by atoms with Crippen LogP contribution in [0.1, 0.15) is 5.56 Å². The molecule has 4 aromatic rings. The number of rotatable bonds is 10. The minimum absolute atomic E-state index is 0.135. The van der Waals surface area contributed by atoms with Crippen LogP contribution in [0.15, 0.2) is 96.7 Å². The zero-order valence-corrected chi connectivity index (χ0v) is 19.9. The number of thioether (sulfide) groups is 1. The third-order valence-corrected chi connectivity index (χ3v) is 6.07. The second kappa shape index (κ2) is 11.5. The number of allylic oxidation sites excluding steroid dienone is 1. The SMILES string of the molecule is C=CCn1c(SCC(=O)Nc2ccc(OCc3ccccc3)cc2)nnc1-c1ccc(Cl)cc1. The van der Waals surface area contributed by atoms with E-state index in [4.69, 9.17) is 16.3 Å². The van der Waals surface area contributed by atoms with Crippen LogP contribution in [-0.4, -0.2) is 26.4 Å². The number of anilines is 1. The second-order valence-electron chi connectivity index (χ2n) is 7.35. The average molecular weight is 491 g/mol. The maximum Gasteiger partial charge on any atom is 0.234 e. The van der Waals surface area contributed by atoms with Crippen LogP contribution in [0.5, 0.6) is 5.75 Å². The summed E-state index contributed by atoms with van der Waals surface area (Å²) in [5, 5.41) is 12.8. The van der Waals surface area contributed by atoms with Crippen LogP contribution in [0.25, 0.3) is 11.4 Å². The van der Waals surface area contributed by atoms with Gasteiger partial charge in [-0.3, -0.25) is 9.36 Å². The number of amides is 1. The number of benzene rings is 3. The molecule has 0 saturated heterocycles. The lowest BCUT2D eigenvalue weighted by atomic mass is 10.2. The van der Waals surface area contributed by atoms with Crippen LogP contribution < -0.4 is 10.1 Å². The summed E-state index contributed by atoms with van der Waals surface area (Å²) >= 11 is 7.31. The van der Waals surface area contributed by atoms with Crippen LogP contribution in [0, 0.1) is 0 Å². The minimum Gasteiger partial charge on any atom is -0.489 e. The predicted octanol–water partition coefficient (Wildman–Crippen LogP) is 6.09. The van der Waals surface area contributed by atoms with E-state index in [-0.39, 0.29) is 11.7 Å². The molecular weight excluding hydrogens is 468 g/mol. The fourth-order valence-corrected chi connectivity index (χ4v) is 4.08. The number of hydrogen-bond donors (Lipinski definition) is 1. The standard InChI is InChI=1S/C26H23ClN4O2S/c1-2-16-31-25(20-8-10-21(27)11-9-20)29-30-26(31)34-18-24(32)28-22-12-14-23(15-13-22)33-17-19-6-4-3-5-7-19/h2-15H,1,16-18H2,(H,28,32). The summed E-state index contributed by atoms with van der Waals surface area (Å²) in [5.41, 5.74) is 2.69. The third-order valence-electron chi connectivity index (χ3n) is 4.85. The molecule has 1 amide bonds. The Morgan fingerprint density at radius 3 is 2.47 bits per heavy atom. The lowest BCUT2D eigenvalue weighted by molar-refractivity contribution is -0.113. The van der Waals surface area contributed by atoms with E-state index in [0.717, 1.165) is 16.9 Å². The lowest BCUT2D eigenvalue weighted by Crippen LogP contribution is -2.14. The zero-order chi connectivity index (χ0) is 23.8. The van der Waals surface area contributed by atoms with E-state index < -0.39 is 0 Å². The Morgan fingerprint density at radius 1 is 1.03 bits per heavy atom. The van der Waals surface area contributed by atoms with Crippen molar-refractivity contribution < 1.29 is 9.53 Å². The van der Waals surface area contributed by atoms with Crippen molar-refractivity contribution in [2.45, 2.75) is 18.3 Å². The third kappa shape index (κ3) is 6.27. The number of nitrogens with one attached hydrogen (secondary N) is 1. The van der Waals surface area contributed by atoms with Gasteiger partial charge in [0, 0.05) is 22.8 Å². The summed E-state index contributed by atoms with van der Waals surface area (Å²) in [7, 11) is 0. The molecule has 4 rings (SSSR count). The molecule has 0 atom stereocenters. The summed E-state index contributed by atoms with van der Waals surface area (Å²) in [6.45, 7) is 4.84. The molecule has 3 aromatic carbocycles. The van der Waals surface area contributed by atoms with Gasteiger partial charge < -0.3 is 10.1 Å². The summed E-state index contributed by atoms with van der Waals surface area (Å²) in [5.74, 6) is 1.50. The van der Waals surface area contributed by atoms with Crippen LogP contribution in [0.3, 0.4) is 0 Å². The first-order chi connectivity index (χ1) is 16.6. The van der Waals surface area contributed by atoms with Gasteiger partial charge in [-0.1, -0.05) is 59.8 Å². The maximum atomic E-state index is 12.5. The molecule has 172 valence electrons. The maximum absolute atomic E-state index is 12.5. The highest BCUT2D eigenvalue weighted by Crippen LogP contribution is 2.25. The van der Waals surface area contributed by atoms with Gasteiger partial charge in [0.05, 0.1) is 5.75 Å². The second-order valence-corrected chi connectivity index (χ2v) is 8.73. The molecule has 0 fully saturated rings. The number of hydrogen-bond acceptors (Lipinski definition) is 5. The van der Waals surface area contributed by atoms with Crippen LogP contribution in [0.4, 0.5) is 5.69 Å². The summed E-state index contributed by atoms with van der Waals surface area (Å²) in [6.07, 6.45) is 1.77. The molecule has 0 spiro atoms. The molecule has 0 unspecified atom stereocenters. The average Bonchev–Trinajstić information content (AvgIpc) is 3.26. The first-order valence-corrected chi connectivity index (χ1v) is 12.0. The molecule has 0 aliphatic heterocycles. The van der Waals surface area contributed by atoms with Crippen molar-refractivity contribution in [3.63, 3.8) is 0 Å². The monoisotopic (exact) mass is 490 g/mol. The van der Waals surface area contributed by atoms with Gasteiger partial charge in [0.15, 0.2) is 11.0 Å². The lowest BCUT2D eigenvalue weighted by Gasteiger charge is -2.09. The Bertz CT molecular complexity index is 1240. The largest absolute Gasteiger partial charge is 0.489 e. The van der Waals surface area contributed by atoms with E-state index in [9.17, 15) is 4.79 Å². The number of nitrogens with zero attached hydrogens (tertiary/aromatic N) is 3. The van der Waals surface area contributed by atoms with Gasteiger partial charge in [-0.15, -0.1) is 16.8 Å². The van der Waals surface area contributed by atoms with E-state index in [0.29, 0.717) is 34.8 Å². The Balaban J connectivity index is 1.33. The normalized spacial score (nSPS) is 10.6. The number of halogens is 1. The van der Waals surface area contributed by atoms with Gasteiger partial charge >= 0.3 is 0 Å². The van der Waals surface area contributed by atoms with E-state index in [1.165, 1.54) is 11.8 Å². The molecule has 0 radical (unpaired) electrons. The number of ether oxygens (including phenoxy) is 1. The first-order valence-electron chi connectivity index (χ1n) is 10.6. The molecule has 34 heavy (non-hydrogen) atoms. The van der Waals surface area contributed by atoms with Crippen molar-refractivity contribution in [2.75, 3.05) is 11.1 Å². The Kier molecular flexibility index (Phi) is 8.01. The van der Waals surface area contributed by atoms with Gasteiger partial charge in [0.2, 0.25) is 5.91 Å². The highest BCUT2D eigenvalue weighted by Gasteiger charge is 2.15. The Hall–Kier alpha value is -3.55. The molecule has 0 aliphatic carbocycles. The number of carbonyl (C=O) groups is 1. The van der Waals surface area contributed by atoms with Crippen molar-refractivity contribution >= 4 is 35.0 Å². The quantitative estimate of drug-likeness (QED) is 0.215. The molecule has 1 aromatic heterocycles. The molecule has 1 N–H and O–H groups in total. The molecule has 6 nitrogen and oxygen atoms in total. The van der Waals surface area contributed by atoms with Gasteiger partial charge in [-0.05, 0) is 54.1 Å². The molecule has 0 aliphatic rings. The van der Waals surface area contributed by atoms with Crippen molar-refractivity contribution in [3.8, 4) is 17.1 Å². The van der Waals surface area contributed by atoms with Crippen molar-refractivity contribution in [2.24, 2.45) is 0 Å². The molecule has 1 heterocycles. The van der Waals surface area contributed by atoms with E-state index in [2.05, 4.69) is 22.1 Å². The van der Waals surface area contributed by atoms with Crippen LogP contribution in [-0.2, 0) is 17.9 Å². The van der Waals surface area contributed by atoms with Gasteiger partial charge in [0.25, 0.3) is 0 Å². The first kappa shape index (κ1) is 23.6. The van der Waals surface area contributed by atoms with E-state index in [1.54, 1.807) is 6.08 Å². The molecular formula is C26H23ClN4O2S. The molecule has 0 bridgehead atoms. The highest BCUT2D eigenvalue weighted by molar-refractivity contribution is 7.99. The van der Waals surface area contributed by atoms with Crippen LogP contribution in [0.2, 0.25) is 5.02 Å². The fourth-order valence-electron chi connectivity index (χ4n) is 3.20. The van der Waals surface area contributed by atoms with Gasteiger partial charge in [-0.2, -0.15) is 0 Å². The molecule has 0 saturated carbocycles. The molecule has 8 heteroatoms. The van der Waals surface area contributed by atoms with Crippen molar-refractivity contribution in [1.29, 1.82) is 0 Å². The minimum atomic E-state index is -0.135. The van der Waals surface area contributed by atoms with Crippen molar-refractivity contribution in [3.05, 3.63) is 102 Å². The Morgan fingerprint density at radius 2 is 1.76 bits per heavy atom. The summed E-state index contributed by atoms with van der Waals surface area (Å²) in [4.78, 5) is 12.5. The Labute approximate surface area is 207 Å². The van der Waals surface area contributed by atoms with Crippen molar-refractivity contribution in [1.82, 2.24) is 14.8 Å². The number of aromatic nitrogens is 3. The zero-order valence-electron chi connectivity index (χ0n) is 18.4. The highest BCUT2D eigenvalue weighted by atomic mass is 35.5. The van der Waals surface area contributed by atoms with Crippen LogP contribution >= 0.6 is 23.4 Å². The van der Waals surface area contributed by atoms with E-state index >= 15 is 0 Å². The predicted molar refractivity (Wildman–Crippen MR) is 137 cm³/mol. The van der Waals surface area contributed by atoms with E-state index in [1.807, 2.05) is 83.4 Å². The summed E-state index contributed by atoms with van der Waals surface area (Å²) < 4.78 is 7.71. The smallest absolute Gasteiger partial charge is 0.234 e. The van der Waals surface area contributed by atoms with Gasteiger partial charge in [0.1, 0.15) is 12.4 Å². The summed E-state index contributed by atoms with van der Waals surface area (Å²) in [6, 6.07) is 24.7. The number of carbonyl (C=O) groups excluding carboxylic acids is 1.